The van der Waals surface area contributed by atoms with Gasteiger partial charge in [-0.1, -0.05) is 18.2 Å². The summed E-state index contributed by atoms with van der Waals surface area (Å²) < 4.78 is 11.7. The molecule has 1 spiro atoms. The number of benzene rings is 1. The average Bonchev–Trinajstić information content (AvgIpc) is 3.00. The van der Waals surface area contributed by atoms with E-state index in [1.807, 2.05) is 11.8 Å². The Balaban J connectivity index is 1.61. The summed E-state index contributed by atoms with van der Waals surface area (Å²) in [6, 6.07) is 10.6. The van der Waals surface area contributed by atoms with Crippen LogP contribution in [0.1, 0.15) is 19.3 Å². The summed E-state index contributed by atoms with van der Waals surface area (Å²) in [7, 11) is 0. The van der Waals surface area contributed by atoms with E-state index in [4.69, 9.17) is 9.47 Å². The van der Waals surface area contributed by atoms with Crippen LogP contribution in [-0.2, 0) is 9.47 Å². The molecule has 1 saturated heterocycles. The highest BCUT2D eigenvalue weighted by atomic mass is 32.2. The van der Waals surface area contributed by atoms with Gasteiger partial charge in [0.15, 0.2) is 5.79 Å². The molecule has 3 heteroatoms. The largest absolute Gasteiger partial charge is 0.347 e. The van der Waals surface area contributed by atoms with Gasteiger partial charge < -0.3 is 9.47 Å². The summed E-state index contributed by atoms with van der Waals surface area (Å²) in [6.45, 7) is 1.54. The van der Waals surface area contributed by atoms with Crippen LogP contribution in [-0.4, -0.2) is 24.8 Å². The van der Waals surface area contributed by atoms with Crippen LogP contribution in [0, 0.1) is 5.92 Å². The Labute approximate surface area is 107 Å². The standard InChI is InChI=1S/C14H18O2S/c1-2-6-13(7-3-1)17-11-12-5-4-8-14(12)15-9-10-16-14/h1-3,6-7,12H,4-5,8-11H2. The van der Waals surface area contributed by atoms with Crippen LogP contribution in [0.2, 0.25) is 0 Å². The fourth-order valence-electron chi connectivity index (χ4n) is 2.79. The maximum Gasteiger partial charge on any atom is 0.172 e. The second kappa shape index (κ2) is 5.01. The minimum absolute atomic E-state index is 0.234. The van der Waals surface area contributed by atoms with E-state index in [0.29, 0.717) is 5.92 Å². The minimum atomic E-state index is -0.234. The first-order valence-electron chi connectivity index (χ1n) is 6.35. The number of hydrogen-bond donors (Lipinski definition) is 0. The van der Waals surface area contributed by atoms with E-state index in [9.17, 15) is 0 Å². The van der Waals surface area contributed by atoms with Crippen molar-refractivity contribution in [1.82, 2.24) is 0 Å². The predicted octanol–water partition coefficient (Wildman–Crippen LogP) is 3.32. The summed E-state index contributed by atoms with van der Waals surface area (Å²) in [6.07, 6.45) is 3.55. The van der Waals surface area contributed by atoms with Crippen molar-refractivity contribution >= 4 is 11.8 Å². The lowest BCUT2D eigenvalue weighted by Gasteiger charge is -2.29. The fraction of sp³-hybridized carbons (Fsp3) is 0.571. The lowest BCUT2D eigenvalue weighted by Crippen LogP contribution is -2.35. The quantitative estimate of drug-likeness (QED) is 0.767. The van der Waals surface area contributed by atoms with Gasteiger partial charge in [0.2, 0.25) is 0 Å². The highest BCUT2D eigenvalue weighted by molar-refractivity contribution is 7.99. The van der Waals surface area contributed by atoms with E-state index in [0.717, 1.165) is 25.4 Å². The SMILES string of the molecule is c1ccc(SCC2CCCC23OCCO3)cc1. The molecule has 1 unspecified atom stereocenters. The number of ether oxygens (including phenoxy) is 2. The summed E-state index contributed by atoms with van der Waals surface area (Å²) in [5, 5.41) is 0. The third kappa shape index (κ3) is 2.37. The van der Waals surface area contributed by atoms with Gasteiger partial charge in [-0.25, -0.2) is 0 Å². The molecule has 1 saturated carbocycles. The number of rotatable bonds is 3. The molecule has 2 aliphatic rings. The normalized spacial score (nSPS) is 26.7. The molecule has 0 bridgehead atoms. The van der Waals surface area contributed by atoms with Gasteiger partial charge in [0.05, 0.1) is 13.2 Å². The maximum absolute atomic E-state index is 5.87. The topological polar surface area (TPSA) is 18.5 Å². The van der Waals surface area contributed by atoms with Crippen molar-refractivity contribution in [3.63, 3.8) is 0 Å². The van der Waals surface area contributed by atoms with Gasteiger partial charge in [-0.3, -0.25) is 0 Å². The zero-order valence-corrected chi connectivity index (χ0v) is 10.7. The van der Waals surface area contributed by atoms with Crippen LogP contribution >= 0.6 is 11.8 Å². The Morgan fingerprint density at radius 3 is 2.71 bits per heavy atom. The van der Waals surface area contributed by atoms with Gasteiger partial charge in [-0.15, -0.1) is 11.8 Å². The molecule has 0 aromatic heterocycles. The van der Waals surface area contributed by atoms with E-state index in [1.54, 1.807) is 0 Å². The highest BCUT2D eigenvalue weighted by Gasteiger charge is 2.47. The van der Waals surface area contributed by atoms with Gasteiger partial charge in [0.1, 0.15) is 0 Å². The molecule has 2 nitrogen and oxygen atoms in total. The van der Waals surface area contributed by atoms with E-state index in [-0.39, 0.29) is 5.79 Å². The smallest absolute Gasteiger partial charge is 0.172 e. The summed E-state index contributed by atoms with van der Waals surface area (Å²) >= 11 is 1.92. The maximum atomic E-state index is 5.87. The second-order valence-electron chi connectivity index (χ2n) is 4.72. The molecule has 3 rings (SSSR count). The third-order valence-corrected chi connectivity index (χ3v) is 4.84. The van der Waals surface area contributed by atoms with Gasteiger partial charge in [0.25, 0.3) is 0 Å². The first kappa shape index (κ1) is 11.6. The third-order valence-electron chi connectivity index (χ3n) is 3.67. The summed E-state index contributed by atoms with van der Waals surface area (Å²) in [4.78, 5) is 1.34. The van der Waals surface area contributed by atoms with Crippen LogP contribution in [0.3, 0.4) is 0 Å². The zero-order chi connectivity index (χ0) is 11.6. The van der Waals surface area contributed by atoms with Crippen molar-refractivity contribution in [2.75, 3.05) is 19.0 Å². The molecule has 2 fully saturated rings. The van der Waals surface area contributed by atoms with Crippen molar-refractivity contribution < 1.29 is 9.47 Å². The van der Waals surface area contributed by atoms with E-state index >= 15 is 0 Å². The van der Waals surface area contributed by atoms with E-state index in [1.165, 1.54) is 17.7 Å². The molecule has 0 radical (unpaired) electrons. The number of hydrogen-bond acceptors (Lipinski definition) is 3. The molecule has 0 N–H and O–H groups in total. The first-order chi connectivity index (χ1) is 8.39. The lowest BCUT2D eigenvalue weighted by atomic mass is 10.1. The molecule has 1 aliphatic carbocycles. The molecule has 1 aromatic rings. The first-order valence-corrected chi connectivity index (χ1v) is 7.33. The van der Waals surface area contributed by atoms with Gasteiger partial charge >= 0.3 is 0 Å². The van der Waals surface area contributed by atoms with E-state index in [2.05, 4.69) is 30.3 Å². The Kier molecular flexibility index (Phi) is 3.41. The highest BCUT2D eigenvalue weighted by Crippen LogP contribution is 2.44. The van der Waals surface area contributed by atoms with Crippen LogP contribution in [0.4, 0.5) is 0 Å². The molecular formula is C14H18O2S. The van der Waals surface area contributed by atoms with E-state index < -0.39 is 0 Å². The Morgan fingerprint density at radius 1 is 1.18 bits per heavy atom. The molecule has 92 valence electrons. The Morgan fingerprint density at radius 2 is 1.94 bits per heavy atom. The molecule has 1 aliphatic heterocycles. The Bertz CT molecular complexity index is 354. The van der Waals surface area contributed by atoms with Crippen molar-refractivity contribution in [1.29, 1.82) is 0 Å². The molecule has 17 heavy (non-hydrogen) atoms. The lowest BCUT2D eigenvalue weighted by molar-refractivity contribution is -0.175. The minimum Gasteiger partial charge on any atom is -0.347 e. The molecule has 1 aromatic carbocycles. The van der Waals surface area contributed by atoms with Crippen LogP contribution in [0.15, 0.2) is 35.2 Å². The monoisotopic (exact) mass is 250 g/mol. The predicted molar refractivity (Wildman–Crippen MR) is 69.1 cm³/mol. The zero-order valence-electron chi connectivity index (χ0n) is 9.93. The average molecular weight is 250 g/mol. The molecule has 0 amide bonds. The van der Waals surface area contributed by atoms with Crippen LogP contribution in [0.25, 0.3) is 0 Å². The van der Waals surface area contributed by atoms with Crippen molar-refractivity contribution in [2.24, 2.45) is 5.92 Å². The molecule has 1 heterocycles. The van der Waals surface area contributed by atoms with Crippen molar-refractivity contribution in [3.8, 4) is 0 Å². The van der Waals surface area contributed by atoms with Crippen molar-refractivity contribution in [2.45, 2.75) is 29.9 Å². The summed E-state index contributed by atoms with van der Waals surface area (Å²) in [5.74, 6) is 1.42. The van der Waals surface area contributed by atoms with Crippen LogP contribution in [0.5, 0.6) is 0 Å². The molecule has 1 atom stereocenters. The van der Waals surface area contributed by atoms with Gasteiger partial charge in [-0.05, 0) is 25.0 Å². The van der Waals surface area contributed by atoms with Gasteiger partial charge in [-0.2, -0.15) is 0 Å². The second-order valence-corrected chi connectivity index (χ2v) is 5.82. The summed E-state index contributed by atoms with van der Waals surface area (Å²) in [5.41, 5.74) is 0. The fourth-order valence-corrected chi connectivity index (χ4v) is 3.96. The number of thioether (sulfide) groups is 1. The van der Waals surface area contributed by atoms with Crippen LogP contribution < -0.4 is 0 Å². The van der Waals surface area contributed by atoms with Crippen molar-refractivity contribution in [3.05, 3.63) is 30.3 Å². The van der Waals surface area contributed by atoms with Gasteiger partial charge in [0, 0.05) is 23.0 Å². The molecular weight excluding hydrogens is 232 g/mol. The Hall–Kier alpha value is -0.510.